The molecule has 5 heteroatoms. The molecular formula is C25H29N3O2. The molecule has 1 saturated heterocycles. The first kappa shape index (κ1) is 20.2. The number of rotatable bonds is 5. The molecule has 5 nitrogen and oxygen atoms in total. The second kappa shape index (κ2) is 8.74. The van der Waals surface area contributed by atoms with Crippen molar-refractivity contribution in [2.24, 2.45) is 0 Å². The molecular weight excluding hydrogens is 374 g/mol. The Morgan fingerprint density at radius 2 is 1.63 bits per heavy atom. The summed E-state index contributed by atoms with van der Waals surface area (Å²) >= 11 is 0. The Hall–Kier alpha value is -3.08. The van der Waals surface area contributed by atoms with Gasteiger partial charge in [-0.2, -0.15) is 0 Å². The minimum Gasteiger partial charge on any atom is -0.351 e. The molecule has 2 amide bonds. The standard InChI is InChI=1S/C25H29N3O2/c1-18-15-19(2)21-17-23(26-22(21)16-18)25(30)28-13-11-27(12-14-28)24(29)10-6-9-20-7-4-3-5-8-20/h3-5,7-8,15-17,26H,6,9-14H2,1-2H3. The van der Waals surface area contributed by atoms with Crippen molar-refractivity contribution in [1.82, 2.24) is 14.8 Å². The van der Waals surface area contributed by atoms with Crippen LogP contribution in [-0.4, -0.2) is 52.8 Å². The van der Waals surface area contributed by atoms with Crippen molar-refractivity contribution in [1.29, 1.82) is 0 Å². The lowest BCUT2D eigenvalue weighted by Crippen LogP contribution is -2.50. The van der Waals surface area contributed by atoms with Crippen molar-refractivity contribution in [2.45, 2.75) is 33.1 Å². The molecule has 1 aliphatic heterocycles. The van der Waals surface area contributed by atoms with E-state index in [2.05, 4.69) is 43.1 Å². The van der Waals surface area contributed by atoms with Crippen LogP contribution >= 0.6 is 0 Å². The van der Waals surface area contributed by atoms with Crippen molar-refractivity contribution in [3.63, 3.8) is 0 Å². The third-order valence-electron chi connectivity index (χ3n) is 5.94. The van der Waals surface area contributed by atoms with Gasteiger partial charge in [0.05, 0.1) is 0 Å². The van der Waals surface area contributed by atoms with Crippen LogP contribution in [0.5, 0.6) is 0 Å². The molecule has 0 bridgehead atoms. The van der Waals surface area contributed by atoms with Gasteiger partial charge in [0.25, 0.3) is 5.91 Å². The number of nitrogens with zero attached hydrogens (tertiary/aromatic N) is 2. The van der Waals surface area contributed by atoms with Crippen LogP contribution in [0.3, 0.4) is 0 Å². The van der Waals surface area contributed by atoms with Gasteiger partial charge in [-0.15, -0.1) is 0 Å². The molecule has 2 aromatic carbocycles. The molecule has 0 aliphatic carbocycles. The summed E-state index contributed by atoms with van der Waals surface area (Å²) in [4.78, 5) is 32.5. The van der Waals surface area contributed by atoms with Gasteiger partial charge in [0.15, 0.2) is 0 Å². The number of hydrogen-bond donors (Lipinski definition) is 1. The number of nitrogens with one attached hydrogen (secondary N) is 1. The monoisotopic (exact) mass is 403 g/mol. The van der Waals surface area contributed by atoms with E-state index in [9.17, 15) is 9.59 Å². The fourth-order valence-corrected chi connectivity index (χ4v) is 4.29. The van der Waals surface area contributed by atoms with E-state index in [4.69, 9.17) is 0 Å². The zero-order chi connectivity index (χ0) is 21.1. The molecule has 0 saturated carbocycles. The molecule has 1 aromatic heterocycles. The molecule has 1 N–H and O–H groups in total. The van der Waals surface area contributed by atoms with Gasteiger partial charge < -0.3 is 14.8 Å². The predicted octanol–water partition coefficient (Wildman–Crippen LogP) is 4.09. The maximum Gasteiger partial charge on any atom is 0.270 e. The molecule has 1 fully saturated rings. The largest absolute Gasteiger partial charge is 0.351 e. The summed E-state index contributed by atoms with van der Waals surface area (Å²) in [6.45, 7) is 6.50. The van der Waals surface area contributed by atoms with E-state index in [1.165, 1.54) is 16.7 Å². The number of carbonyl (C=O) groups is 2. The minimum atomic E-state index is 0.0134. The van der Waals surface area contributed by atoms with E-state index >= 15 is 0 Å². The normalized spacial score (nSPS) is 14.3. The van der Waals surface area contributed by atoms with Crippen LogP contribution in [0.25, 0.3) is 10.9 Å². The van der Waals surface area contributed by atoms with Crippen LogP contribution in [0.15, 0.2) is 48.5 Å². The van der Waals surface area contributed by atoms with Gasteiger partial charge in [0, 0.05) is 43.5 Å². The van der Waals surface area contributed by atoms with Crippen molar-refractivity contribution < 1.29 is 9.59 Å². The Labute approximate surface area is 177 Å². The van der Waals surface area contributed by atoms with Gasteiger partial charge in [-0.1, -0.05) is 36.4 Å². The van der Waals surface area contributed by atoms with E-state index < -0.39 is 0 Å². The topological polar surface area (TPSA) is 56.4 Å². The lowest BCUT2D eigenvalue weighted by atomic mass is 10.1. The van der Waals surface area contributed by atoms with Gasteiger partial charge in [-0.25, -0.2) is 0 Å². The Kier molecular flexibility index (Phi) is 5.88. The van der Waals surface area contributed by atoms with Gasteiger partial charge in [0.2, 0.25) is 5.91 Å². The van der Waals surface area contributed by atoms with Gasteiger partial charge in [-0.3, -0.25) is 9.59 Å². The number of aromatic nitrogens is 1. The van der Waals surface area contributed by atoms with Crippen LogP contribution in [-0.2, 0) is 11.2 Å². The predicted molar refractivity (Wildman–Crippen MR) is 120 cm³/mol. The van der Waals surface area contributed by atoms with E-state index in [-0.39, 0.29) is 11.8 Å². The number of amides is 2. The summed E-state index contributed by atoms with van der Waals surface area (Å²) in [5.74, 6) is 0.203. The third kappa shape index (κ3) is 4.40. The van der Waals surface area contributed by atoms with Crippen LogP contribution in [0.4, 0.5) is 0 Å². The van der Waals surface area contributed by atoms with Crippen molar-refractivity contribution >= 4 is 22.7 Å². The van der Waals surface area contributed by atoms with Crippen LogP contribution in [0.1, 0.15) is 40.0 Å². The summed E-state index contributed by atoms with van der Waals surface area (Å²) in [6, 6.07) is 16.4. The number of fused-ring (bicyclic) bond motifs is 1. The Bertz CT molecular complexity index is 1050. The lowest BCUT2D eigenvalue weighted by molar-refractivity contribution is -0.132. The summed E-state index contributed by atoms with van der Waals surface area (Å²) in [5, 5.41) is 1.09. The second-order valence-electron chi connectivity index (χ2n) is 8.24. The molecule has 0 spiro atoms. The molecule has 4 rings (SSSR count). The highest BCUT2D eigenvalue weighted by Gasteiger charge is 2.25. The van der Waals surface area contributed by atoms with Crippen molar-refractivity contribution in [3.8, 4) is 0 Å². The summed E-state index contributed by atoms with van der Waals surface area (Å²) in [5.41, 5.74) is 5.25. The number of H-pyrrole nitrogens is 1. The minimum absolute atomic E-state index is 0.0134. The number of hydrogen-bond acceptors (Lipinski definition) is 2. The highest BCUT2D eigenvalue weighted by atomic mass is 16.2. The fraction of sp³-hybridized carbons (Fsp3) is 0.360. The molecule has 1 aliphatic rings. The number of aromatic amines is 1. The highest BCUT2D eigenvalue weighted by molar-refractivity contribution is 5.99. The number of carbonyl (C=O) groups excluding carboxylic acids is 2. The fourth-order valence-electron chi connectivity index (χ4n) is 4.29. The SMILES string of the molecule is Cc1cc(C)c2cc(C(=O)N3CCN(C(=O)CCCc4ccccc4)CC3)[nH]c2c1. The molecule has 3 aromatic rings. The molecule has 0 radical (unpaired) electrons. The molecule has 30 heavy (non-hydrogen) atoms. The van der Waals surface area contributed by atoms with E-state index in [1.807, 2.05) is 34.1 Å². The quantitative estimate of drug-likeness (QED) is 0.698. The first-order valence-electron chi connectivity index (χ1n) is 10.7. The van der Waals surface area contributed by atoms with Crippen LogP contribution in [0, 0.1) is 13.8 Å². The molecule has 0 unspecified atom stereocenters. The summed E-state index contributed by atoms with van der Waals surface area (Å²) in [7, 11) is 0. The molecule has 0 atom stereocenters. The summed E-state index contributed by atoms with van der Waals surface area (Å²) < 4.78 is 0. The smallest absolute Gasteiger partial charge is 0.270 e. The molecule has 156 valence electrons. The highest BCUT2D eigenvalue weighted by Crippen LogP contribution is 2.22. The first-order chi connectivity index (χ1) is 14.5. The van der Waals surface area contributed by atoms with E-state index in [1.54, 1.807) is 0 Å². The Balaban J connectivity index is 1.30. The maximum atomic E-state index is 13.0. The third-order valence-corrected chi connectivity index (χ3v) is 5.94. The van der Waals surface area contributed by atoms with E-state index in [0.29, 0.717) is 38.3 Å². The zero-order valence-corrected chi connectivity index (χ0v) is 17.8. The maximum absolute atomic E-state index is 13.0. The average molecular weight is 404 g/mol. The average Bonchev–Trinajstić information content (AvgIpc) is 3.18. The van der Waals surface area contributed by atoms with Gasteiger partial charge >= 0.3 is 0 Å². The zero-order valence-electron chi connectivity index (χ0n) is 17.8. The number of aryl methyl sites for hydroxylation is 3. The molecule has 2 heterocycles. The van der Waals surface area contributed by atoms with Crippen LogP contribution in [0.2, 0.25) is 0 Å². The lowest BCUT2D eigenvalue weighted by Gasteiger charge is -2.34. The second-order valence-corrected chi connectivity index (χ2v) is 8.24. The first-order valence-corrected chi connectivity index (χ1v) is 10.7. The van der Waals surface area contributed by atoms with Gasteiger partial charge in [-0.05, 0) is 55.5 Å². The van der Waals surface area contributed by atoms with Crippen LogP contribution < -0.4 is 0 Å². The van der Waals surface area contributed by atoms with Gasteiger partial charge in [0.1, 0.15) is 5.69 Å². The van der Waals surface area contributed by atoms with Crippen molar-refractivity contribution in [3.05, 3.63) is 70.9 Å². The summed E-state index contributed by atoms with van der Waals surface area (Å²) in [6.07, 6.45) is 2.34. The van der Waals surface area contributed by atoms with E-state index in [0.717, 1.165) is 23.7 Å². The number of piperazine rings is 1. The Morgan fingerprint density at radius 1 is 0.933 bits per heavy atom. The van der Waals surface area contributed by atoms with Crippen molar-refractivity contribution in [2.75, 3.05) is 26.2 Å². The Morgan fingerprint density at radius 3 is 2.37 bits per heavy atom. The number of benzene rings is 2.